The molecule has 0 fully saturated rings. The molecule has 0 radical (unpaired) electrons. The SMILES string of the molecule is Cc1cc(C(=O)O)c(C)n1C(C(N)=O)C(C)C. The van der Waals surface area contributed by atoms with Gasteiger partial charge in [-0.25, -0.2) is 4.79 Å². The van der Waals surface area contributed by atoms with Gasteiger partial charge < -0.3 is 15.4 Å². The molecule has 1 rings (SSSR count). The van der Waals surface area contributed by atoms with Crippen molar-refractivity contribution in [2.24, 2.45) is 11.7 Å². The minimum atomic E-state index is -0.990. The molecule has 1 heterocycles. The normalized spacial score (nSPS) is 12.8. The number of hydrogen-bond donors (Lipinski definition) is 2. The van der Waals surface area contributed by atoms with Crippen molar-refractivity contribution in [2.75, 3.05) is 0 Å². The third-order valence-electron chi connectivity index (χ3n) is 2.92. The zero-order valence-electron chi connectivity index (χ0n) is 10.5. The van der Waals surface area contributed by atoms with Crippen LogP contribution in [0, 0.1) is 19.8 Å². The maximum absolute atomic E-state index is 11.5. The molecule has 0 spiro atoms. The zero-order valence-corrected chi connectivity index (χ0v) is 10.5. The number of amides is 1. The molecule has 0 aliphatic heterocycles. The summed E-state index contributed by atoms with van der Waals surface area (Å²) >= 11 is 0. The summed E-state index contributed by atoms with van der Waals surface area (Å²) in [4.78, 5) is 22.5. The molecule has 94 valence electrons. The van der Waals surface area contributed by atoms with Crippen molar-refractivity contribution in [1.29, 1.82) is 0 Å². The van der Waals surface area contributed by atoms with Gasteiger partial charge in [-0.1, -0.05) is 13.8 Å². The Balaban J connectivity index is 3.39. The summed E-state index contributed by atoms with van der Waals surface area (Å²) in [6.07, 6.45) is 0. The number of aryl methyl sites for hydroxylation is 1. The van der Waals surface area contributed by atoms with Gasteiger partial charge in [-0.3, -0.25) is 4.79 Å². The summed E-state index contributed by atoms with van der Waals surface area (Å²) in [5.74, 6) is -1.42. The fourth-order valence-electron chi connectivity index (χ4n) is 2.18. The van der Waals surface area contributed by atoms with Crippen LogP contribution in [0.4, 0.5) is 0 Å². The molecule has 1 aromatic rings. The van der Waals surface area contributed by atoms with E-state index in [1.165, 1.54) is 0 Å². The molecule has 1 atom stereocenters. The third kappa shape index (κ3) is 2.33. The van der Waals surface area contributed by atoms with E-state index >= 15 is 0 Å². The molecule has 5 nitrogen and oxygen atoms in total. The molecular formula is C12H18N2O3. The molecule has 0 aromatic carbocycles. The molecule has 0 bridgehead atoms. The van der Waals surface area contributed by atoms with Gasteiger partial charge in [0.2, 0.25) is 5.91 Å². The number of carbonyl (C=O) groups excluding carboxylic acids is 1. The predicted octanol–water partition coefficient (Wildman–Crippen LogP) is 1.49. The van der Waals surface area contributed by atoms with E-state index < -0.39 is 17.9 Å². The Hall–Kier alpha value is -1.78. The Morgan fingerprint density at radius 1 is 1.35 bits per heavy atom. The van der Waals surface area contributed by atoms with Crippen molar-refractivity contribution in [3.63, 3.8) is 0 Å². The number of carbonyl (C=O) groups is 2. The summed E-state index contributed by atoms with van der Waals surface area (Å²) in [6.45, 7) is 7.23. The molecule has 1 amide bonds. The van der Waals surface area contributed by atoms with Crippen LogP contribution in [0.3, 0.4) is 0 Å². The predicted molar refractivity (Wildman–Crippen MR) is 63.9 cm³/mol. The first-order valence-electron chi connectivity index (χ1n) is 5.48. The second kappa shape index (κ2) is 4.61. The molecule has 1 unspecified atom stereocenters. The summed E-state index contributed by atoms with van der Waals surface area (Å²) < 4.78 is 1.70. The Bertz CT molecular complexity index is 461. The van der Waals surface area contributed by atoms with E-state index in [9.17, 15) is 9.59 Å². The van der Waals surface area contributed by atoms with Gasteiger partial charge in [0.05, 0.1) is 5.56 Å². The van der Waals surface area contributed by atoms with Crippen LogP contribution in [0.1, 0.15) is 41.6 Å². The highest BCUT2D eigenvalue weighted by molar-refractivity contribution is 5.90. The van der Waals surface area contributed by atoms with Gasteiger partial charge in [-0.15, -0.1) is 0 Å². The second-order valence-corrected chi connectivity index (χ2v) is 4.55. The van der Waals surface area contributed by atoms with Crippen LogP contribution in [-0.4, -0.2) is 21.6 Å². The van der Waals surface area contributed by atoms with Crippen molar-refractivity contribution in [3.8, 4) is 0 Å². The van der Waals surface area contributed by atoms with Gasteiger partial charge >= 0.3 is 5.97 Å². The Labute approximate surface area is 100 Å². The minimum Gasteiger partial charge on any atom is -0.478 e. The highest BCUT2D eigenvalue weighted by Gasteiger charge is 2.26. The molecule has 17 heavy (non-hydrogen) atoms. The number of primary amides is 1. The van der Waals surface area contributed by atoms with Gasteiger partial charge in [0.1, 0.15) is 6.04 Å². The van der Waals surface area contributed by atoms with E-state index in [2.05, 4.69) is 0 Å². The number of nitrogens with zero attached hydrogens (tertiary/aromatic N) is 1. The number of hydrogen-bond acceptors (Lipinski definition) is 2. The van der Waals surface area contributed by atoms with E-state index in [0.717, 1.165) is 5.69 Å². The van der Waals surface area contributed by atoms with Gasteiger partial charge in [-0.2, -0.15) is 0 Å². The molecule has 0 aliphatic carbocycles. The van der Waals surface area contributed by atoms with E-state index in [-0.39, 0.29) is 11.5 Å². The number of aromatic nitrogens is 1. The van der Waals surface area contributed by atoms with Crippen molar-refractivity contribution >= 4 is 11.9 Å². The minimum absolute atomic E-state index is 0.0129. The van der Waals surface area contributed by atoms with Crippen LogP contribution in [0.2, 0.25) is 0 Å². The van der Waals surface area contributed by atoms with Crippen molar-refractivity contribution in [2.45, 2.75) is 33.7 Å². The summed E-state index contributed by atoms with van der Waals surface area (Å²) in [7, 11) is 0. The quantitative estimate of drug-likeness (QED) is 0.833. The van der Waals surface area contributed by atoms with Crippen LogP contribution >= 0.6 is 0 Å². The number of aromatic carboxylic acids is 1. The van der Waals surface area contributed by atoms with Gasteiger partial charge in [0, 0.05) is 11.4 Å². The zero-order chi connectivity index (χ0) is 13.3. The summed E-state index contributed by atoms with van der Waals surface area (Å²) in [5, 5.41) is 9.03. The molecule has 3 N–H and O–H groups in total. The lowest BCUT2D eigenvalue weighted by atomic mass is 10.0. The number of carboxylic acid groups (broad SMARTS) is 1. The average molecular weight is 238 g/mol. The van der Waals surface area contributed by atoms with Crippen LogP contribution in [-0.2, 0) is 4.79 Å². The fourth-order valence-corrected chi connectivity index (χ4v) is 2.18. The standard InChI is InChI=1S/C12H18N2O3/c1-6(2)10(11(13)15)14-7(3)5-9(8(14)4)12(16)17/h5-6,10H,1-4H3,(H2,13,15)(H,16,17). The lowest BCUT2D eigenvalue weighted by Gasteiger charge is -2.23. The van der Waals surface area contributed by atoms with Crippen LogP contribution in [0.25, 0.3) is 0 Å². The molecule has 0 aliphatic rings. The van der Waals surface area contributed by atoms with E-state index in [1.54, 1.807) is 24.5 Å². The largest absolute Gasteiger partial charge is 0.478 e. The molecule has 0 saturated heterocycles. The Morgan fingerprint density at radius 2 is 1.88 bits per heavy atom. The first-order chi connectivity index (χ1) is 7.77. The van der Waals surface area contributed by atoms with Crippen molar-refractivity contribution in [1.82, 2.24) is 4.57 Å². The van der Waals surface area contributed by atoms with Crippen LogP contribution in [0.5, 0.6) is 0 Å². The Morgan fingerprint density at radius 3 is 2.18 bits per heavy atom. The Kier molecular flexibility index (Phi) is 3.60. The van der Waals surface area contributed by atoms with Gasteiger partial charge in [0.15, 0.2) is 0 Å². The summed E-state index contributed by atoms with van der Waals surface area (Å²) in [5.41, 5.74) is 6.90. The molecule has 0 saturated carbocycles. The monoisotopic (exact) mass is 238 g/mol. The van der Waals surface area contributed by atoms with Crippen molar-refractivity contribution in [3.05, 3.63) is 23.0 Å². The molecular weight excluding hydrogens is 220 g/mol. The fraction of sp³-hybridized carbons (Fsp3) is 0.500. The maximum Gasteiger partial charge on any atom is 0.337 e. The van der Waals surface area contributed by atoms with Crippen LogP contribution in [0.15, 0.2) is 6.07 Å². The van der Waals surface area contributed by atoms with E-state index in [0.29, 0.717) is 5.69 Å². The smallest absolute Gasteiger partial charge is 0.337 e. The number of rotatable bonds is 4. The first-order valence-corrected chi connectivity index (χ1v) is 5.48. The third-order valence-corrected chi connectivity index (χ3v) is 2.92. The van der Waals surface area contributed by atoms with E-state index in [4.69, 9.17) is 10.8 Å². The van der Waals surface area contributed by atoms with Gasteiger partial charge in [-0.05, 0) is 25.8 Å². The van der Waals surface area contributed by atoms with E-state index in [1.807, 2.05) is 13.8 Å². The molecule has 5 heteroatoms. The summed E-state index contributed by atoms with van der Waals surface area (Å²) in [6, 6.07) is 1.05. The highest BCUT2D eigenvalue weighted by atomic mass is 16.4. The first kappa shape index (κ1) is 13.3. The topological polar surface area (TPSA) is 85.3 Å². The highest BCUT2D eigenvalue weighted by Crippen LogP contribution is 2.25. The van der Waals surface area contributed by atoms with Crippen molar-refractivity contribution < 1.29 is 14.7 Å². The average Bonchev–Trinajstić information content (AvgIpc) is 2.44. The lowest BCUT2D eigenvalue weighted by Crippen LogP contribution is -2.31. The second-order valence-electron chi connectivity index (χ2n) is 4.55. The maximum atomic E-state index is 11.5. The number of carboxylic acids is 1. The van der Waals surface area contributed by atoms with Crippen LogP contribution < -0.4 is 5.73 Å². The molecule has 1 aromatic heterocycles. The van der Waals surface area contributed by atoms with Gasteiger partial charge in [0.25, 0.3) is 0 Å². The lowest BCUT2D eigenvalue weighted by molar-refractivity contribution is -0.122. The number of nitrogens with two attached hydrogens (primary N) is 1.